The Kier molecular flexibility index (Phi) is 3.48. The maximum Gasteiger partial charge on any atom is 0.223 e. The van der Waals surface area contributed by atoms with Crippen molar-refractivity contribution in [3.05, 3.63) is 51.7 Å². The predicted molar refractivity (Wildman–Crippen MR) is 88.8 cm³/mol. The standard InChI is InChI=1S/C18H19N3O3/c1-2-15(21(23)24)12-8-16-18-13(10-20(16)17(22)9-12)7-11-5-3-4-6-14(11)19-18/h3-7,12,15-16H,2,8-10H2,1H3. The molecule has 2 aliphatic rings. The maximum atomic E-state index is 12.6. The molecule has 0 spiro atoms. The molecular formula is C18H19N3O3. The van der Waals surface area contributed by atoms with Crippen LogP contribution in [0.5, 0.6) is 0 Å². The number of pyridine rings is 1. The average Bonchev–Trinajstić information content (AvgIpc) is 2.91. The summed E-state index contributed by atoms with van der Waals surface area (Å²) in [7, 11) is 0. The Morgan fingerprint density at radius 1 is 1.42 bits per heavy atom. The Hall–Kier alpha value is -2.50. The van der Waals surface area contributed by atoms with Crippen LogP contribution in [0, 0.1) is 16.0 Å². The number of hydrogen-bond acceptors (Lipinski definition) is 4. The molecule has 3 atom stereocenters. The van der Waals surface area contributed by atoms with Crippen LogP contribution in [-0.4, -0.2) is 26.8 Å². The van der Waals surface area contributed by atoms with Crippen molar-refractivity contribution in [2.24, 2.45) is 5.92 Å². The Balaban J connectivity index is 1.72. The second kappa shape index (κ2) is 5.54. The Morgan fingerprint density at radius 3 is 2.96 bits per heavy atom. The zero-order chi connectivity index (χ0) is 16.8. The van der Waals surface area contributed by atoms with E-state index >= 15 is 0 Å². The van der Waals surface area contributed by atoms with Gasteiger partial charge in [0.1, 0.15) is 0 Å². The number of fused-ring (bicyclic) bond motifs is 4. The van der Waals surface area contributed by atoms with E-state index < -0.39 is 6.04 Å². The highest BCUT2D eigenvalue weighted by atomic mass is 16.6. The molecule has 1 saturated heterocycles. The molecule has 3 unspecified atom stereocenters. The highest BCUT2D eigenvalue weighted by Crippen LogP contribution is 2.43. The molecule has 6 heteroatoms. The third-order valence-corrected chi connectivity index (χ3v) is 5.39. The summed E-state index contributed by atoms with van der Waals surface area (Å²) in [6.45, 7) is 2.39. The van der Waals surface area contributed by atoms with Crippen molar-refractivity contribution in [2.75, 3.05) is 0 Å². The summed E-state index contributed by atoms with van der Waals surface area (Å²) in [5, 5.41) is 12.4. The van der Waals surface area contributed by atoms with E-state index in [4.69, 9.17) is 4.98 Å². The van der Waals surface area contributed by atoms with Gasteiger partial charge < -0.3 is 4.90 Å². The minimum absolute atomic E-state index is 0.0126. The van der Waals surface area contributed by atoms with Crippen molar-refractivity contribution < 1.29 is 9.72 Å². The highest BCUT2D eigenvalue weighted by Gasteiger charge is 2.45. The Labute approximate surface area is 139 Å². The van der Waals surface area contributed by atoms with Gasteiger partial charge in [0.05, 0.1) is 17.3 Å². The third kappa shape index (κ3) is 2.25. The maximum absolute atomic E-state index is 12.6. The first-order chi connectivity index (χ1) is 11.6. The summed E-state index contributed by atoms with van der Waals surface area (Å²) < 4.78 is 0. The SMILES string of the molecule is CCC(C1CC(=O)N2Cc3cc4ccccc4nc3C2C1)[N+](=O)[O-]. The minimum atomic E-state index is -0.652. The van der Waals surface area contributed by atoms with Crippen LogP contribution in [0.15, 0.2) is 30.3 Å². The lowest BCUT2D eigenvalue weighted by molar-refractivity contribution is -0.533. The summed E-state index contributed by atoms with van der Waals surface area (Å²) in [6, 6.07) is 9.23. The molecule has 1 aromatic carbocycles. The second-order valence-corrected chi connectivity index (χ2v) is 6.72. The number of carbonyl (C=O) groups is 1. The van der Waals surface area contributed by atoms with Crippen LogP contribution < -0.4 is 0 Å². The van der Waals surface area contributed by atoms with Crippen molar-refractivity contribution in [2.45, 2.75) is 44.8 Å². The van der Waals surface area contributed by atoms with Crippen molar-refractivity contribution in [3.8, 4) is 0 Å². The van der Waals surface area contributed by atoms with Gasteiger partial charge in [-0.1, -0.05) is 25.1 Å². The second-order valence-electron chi connectivity index (χ2n) is 6.72. The van der Waals surface area contributed by atoms with Crippen molar-refractivity contribution in [3.63, 3.8) is 0 Å². The monoisotopic (exact) mass is 325 g/mol. The smallest absolute Gasteiger partial charge is 0.223 e. The molecule has 1 fully saturated rings. The van der Waals surface area contributed by atoms with Crippen LogP contribution in [0.2, 0.25) is 0 Å². The van der Waals surface area contributed by atoms with Gasteiger partial charge in [0.15, 0.2) is 0 Å². The van der Waals surface area contributed by atoms with E-state index in [1.165, 1.54) is 0 Å². The lowest BCUT2D eigenvalue weighted by Gasteiger charge is -2.35. The quantitative estimate of drug-likeness (QED) is 0.642. The number of nitrogens with zero attached hydrogens (tertiary/aromatic N) is 3. The third-order valence-electron chi connectivity index (χ3n) is 5.39. The number of rotatable bonds is 3. The number of benzene rings is 1. The van der Waals surface area contributed by atoms with Crippen LogP contribution >= 0.6 is 0 Å². The zero-order valence-electron chi connectivity index (χ0n) is 13.5. The Morgan fingerprint density at radius 2 is 2.21 bits per heavy atom. The summed E-state index contributed by atoms with van der Waals surface area (Å²) in [5.41, 5.74) is 2.90. The van der Waals surface area contributed by atoms with Gasteiger partial charge in [-0.15, -0.1) is 0 Å². The van der Waals surface area contributed by atoms with E-state index in [2.05, 4.69) is 6.07 Å². The molecule has 1 aromatic heterocycles. The van der Waals surface area contributed by atoms with E-state index in [0.717, 1.165) is 22.2 Å². The molecule has 4 rings (SSSR count). The zero-order valence-corrected chi connectivity index (χ0v) is 13.5. The largest absolute Gasteiger partial charge is 0.330 e. The molecule has 124 valence electrons. The van der Waals surface area contributed by atoms with Gasteiger partial charge in [-0.25, -0.2) is 0 Å². The normalized spacial score (nSPS) is 23.9. The van der Waals surface area contributed by atoms with Gasteiger partial charge >= 0.3 is 0 Å². The number of para-hydroxylation sites is 1. The molecule has 0 bridgehead atoms. The molecule has 0 aliphatic carbocycles. The molecule has 3 heterocycles. The first-order valence-electron chi connectivity index (χ1n) is 8.40. The van der Waals surface area contributed by atoms with E-state index in [9.17, 15) is 14.9 Å². The lowest BCUT2D eigenvalue weighted by atomic mass is 9.84. The first-order valence-corrected chi connectivity index (χ1v) is 8.40. The lowest BCUT2D eigenvalue weighted by Crippen LogP contribution is -2.42. The van der Waals surface area contributed by atoms with E-state index in [-0.39, 0.29) is 29.2 Å². The van der Waals surface area contributed by atoms with Gasteiger partial charge in [-0.2, -0.15) is 0 Å². The highest BCUT2D eigenvalue weighted by molar-refractivity contribution is 5.82. The van der Waals surface area contributed by atoms with Crippen LogP contribution in [0.1, 0.15) is 43.5 Å². The van der Waals surface area contributed by atoms with Gasteiger partial charge in [0.25, 0.3) is 0 Å². The van der Waals surface area contributed by atoms with Crippen LogP contribution in [0.3, 0.4) is 0 Å². The number of carbonyl (C=O) groups excluding carboxylic acids is 1. The number of piperidine rings is 1. The number of nitro groups is 1. The summed E-state index contributed by atoms with van der Waals surface area (Å²) in [5.74, 6) is -0.198. The fourth-order valence-electron chi connectivity index (χ4n) is 4.19. The van der Waals surface area contributed by atoms with Gasteiger partial charge in [-0.3, -0.25) is 19.9 Å². The predicted octanol–water partition coefficient (Wildman–Crippen LogP) is 3.08. The summed E-state index contributed by atoms with van der Waals surface area (Å²) in [4.78, 5) is 30.3. The van der Waals surface area contributed by atoms with Gasteiger partial charge in [-0.05, 0) is 24.1 Å². The molecule has 0 radical (unpaired) electrons. The number of hydrogen-bond donors (Lipinski definition) is 0. The minimum Gasteiger partial charge on any atom is -0.330 e. The van der Waals surface area contributed by atoms with Crippen molar-refractivity contribution >= 4 is 16.8 Å². The van der Waals surface area contributed by atoms with E-state index in [1.807, 2.05) is 36.1 Å². The first kappa shape index (κ1) is 15.1. The Bertz CT molecular complexity index is 835. The molecule has 2 aliphatic heterocycles. The van der Waals surface area contributed by atoms with Crippen LogP contribution in [0.25, 0.3) is 10.9 Å². The summed E-state index contributed by atoms with van der Waals surface area (Å²) in [6.07, 6.45) is 1.35. The molecule has 1 amide bonds. The molecule has 2 aromatic rings. The van der Waals surface area contributed by atoms with Crippen LogP contribution in [-0.2, 0) is 11.3 Å². The number of aromatic nitrogens is 1. The van der Waals surface area contributed by atoms with Crippen molar-refractivity contribution in [1.82, 2.24) is 9.88 Å². The van der Waals surface area contributed by atoms with Crippen LogP contribution in [0.4, 0.5) is 0 Å². The number of amides is 1. The van der Waals surface area contributed by atoms with Gasteiger partial charge in [0, 0.05) is 35.6 Å². The molecule has 6 nitrogen and oxygen atoms in total. The topological polar surface area (TPSA) is 76.3 Å². The fraction of sp³-hybridized carbons (Fsp3) is 0.444. The molecule has 0 saturated carbocycles. The molecule has 24 heavy (non-hydrogen) atoms. The fourth-order valence-corrected chi connectivity index (χ4v) is 4.19. The molecule has 0 N–H and O–H groups in total. The average molecular weight is 325 g/mol. The molecular weight excluding hydrogens is 306 g/mol. The summed E-state index contributed by atoms with van der Waals surface area (Å²) >= 11 is 0. The van der Waals surface area contributed by atoms with Gasteiger partial charge in [0.2, 0.25) is 11.9 Å². The van der Waals surface area contributed by atoms with Crippen molar-refractivity contribution in [1.29, 1.82) is 0 Å². The van der Waals surface area contributed by atoms with E-state index in [1.54, 1.807) is 0 Å². The van der Waals surface area contributed by atoms with E-state index in [0.29, 0.717) is 19.4 Å².